The summed E-state index contributed by atoms with van der Waals surface area (Å²) in [4.78, 5) is 50.9. The molecule has 10 heteroatoms. The molecule has 0 saturated carbocycles. The Kier molecular flexibility index (Phi) is 13.1. The van der Waals surface area contributed by atoms with Gasteiger partial charge in [-0.05, 0) is 69.3 Å². The molecule has 9 nitrogen and oxygen atoms in total. The standard InChI is InChI=1S/C39H59FN2O7/c1-12-31-39(11,46)30-20-19-29(42-48-22-28-17-15-14-16-18-28)23-47-37(9,21-24(3)32(25(30)4)41-27(6)43)33(36(7,8)13-2)26(5)34(44)38(10,40)35(45)49-31/h14-18,24-26,30-31,33,46H,12-13,19-23H2,1-11H3/b41-32?,42-29+/t24-,25-,26-,30-,31-,33+,37-,38+,39+/m1/s1. The van der Waals surface area contributed by atoms with Gasteiger partial charge in [-0.1, -0.05) is 90.4 Å². The van der Waals surface area contributed by atoms with Crippen molar-refractivity contribution in [1.29, 1.82) is 0 Å². The SMILES string of the molecule is CC[C@H]1OC(=O)[C@@](C)(F)C(=O)[C@H](C)[C@@H](C(C)(C)CC)[C@@]2(C)C[C@@H](C)C(=NC(C)=O)[C@H](C)[C@@H](CC/C(=N\OCc3ccccc3)CO2)[C@]1(C)O. The van der Waals surface area contributed by atoms with Gasteiger partial charge in [0.05, 0.1) is 17.9 Å². The van der Waals surface area contributed by atoms with Crippen LogP contribution in [0.25, 0.3) is 0 Å². The number of amides is 1. The summed E-state index contributed by atoms with van der Waals surface area (Å²) in [5, 5.41) is 16.9. The number of oxime groups is 1. The van der Waals surface area contributed by atoms with Gasteiger partial charge in [-0.25, -0.2) is 14.2 Å². The van der Waals surface area contributed by atoms with Crippen molar-refractivity contribution >= 4 is 29.1 Å². The van der Waals surface area contributed by atoms with E-state index in [9.17, 15) is 19.5 Å². The van der Waals surface area contributed by atoms with Crippen LogP contribution in [-0.4, -0.2) is 63.8 Å². The number of hydrogen-bond donors (Lipinski definition) is 1. The zero-order valence-electron chi connectivity index (χ0n) is 31.5. The number of Topliss-reactive ketones (excluding diaryl/α,β-unsaturated/α-hetero) is 1. The summed E-state index contributed by atoms with van der Waals surface area (Å²) in [6, 6.07) is 9.66. The number of aliphatic imine (C=N–C) groups is 1. The maximum Gasteiger partial charge on any atom is 0.351 e. The van der Waals surface area contributed by atoms with E-state index in [1.54, 1.807) is 20.8 Å². The number of benzene rings is 1. The van der Waals surface area contributed by atoms with Gasteiger partial charge in [-0.2, -0.15) is 0 Å². The molecule has 2 heterocycles. The molecular formula is C39H59FN2O7. The molecule has 2 fully saturated rings. The van der Waals surface area contributed by atoms with Gasteiger partial charge >= 0.3 is 5.97 Å². The minimum atomic E-state index is -2.97. The van der Waals surface area contributed by atoms with Crippen LogP contribution in [0, 0.1) is 35.0 Å². The predicted molar refractivity (Wildman–Crippen MR) is 189 cm³/mol. The number of ketones is 1. The summed E-state index contributed by atoms with van der Waals surface area (Å²) in [6.07, 6.45) is 0.638. The zero-order valence-corrected chi connectivity index (χ0v) is 31.5. The fraction of sp³-hybridized carbons (Fsp3) is 0.718. The number of aliphatic hydroxyl groups is 1. The fourth-order valence-corrected chi connectivity index (χ4v) is 8.60. The molecule has 0 radical (unpaired) electrons. The highest BCUT2D eigenvalue weighted by atomic mass is 19.1. The van der Waals surface area contributed by atoms with Gasteiger partial charge in [0.25, 0.3) is 5.67 Å². The lowest BCUT2D eigenvalue weighted by molar-refractivity contribution is -0.188. The van der Waals surface area contributed by atoms with E-state index in [1.165, 1.54) is 6.92 Å². The molecule has 1 amide bonds. The second-order valence-electron chi connectivity index (χ2n) is 15.6. The predicted octanol–water partition coefficient (Wildman–Crippen LogP) is 7.47. The van der Waals surface area contributed by atoms with Crippen molar-refractivity contribution in [1.82, 2.24) is 0 Å². The third-order valence-corrected chi connectivity index (χ3v) is 11.3. The van der Waals surface area contributed by atoms with Crippen molar-refractivity contribution in [3.63, 3.8) is 0 Å². The van der Waals surface area contributed by atoms with E-state index < -0.39 is 63.8 Å². The fourth-order valence-electron chi connectivity index (χ4n) is 8.60. The molecule has 2 aliphatic heterocycles. The normalized spacial score (nSPS) is 37.2. The number of nitrogens with zero attached hydrogens (tertiary/aromatic N) is 2. The Morgan fingerprint density at radius 3 is 2.29 bits per heavy atom. The Morgan fingerprint density at radius 2 is 1.71 bits per heavy atom. The molecule has 274 valence electrons. The monoisotopic (exact) mass is 686 g/mol. The van der Waals surface area contributed by atoms with Crippen LogP contribution in [0.3, 0.4) is 0 Å². The summed E-state index contributed by atoms with van der Waals surface area (Å²) < 4.78 is 29.3. The van der Waals surface area contributed by atoms with Crippen LogP contribution in [0.15, 0.2) is 40.5 Å². The van der Waals surface area contributed by atoms with Gasteiger partial charge in [-0.3, -0.25) is 9.59 Å². The first-order valence-corrected chi connectivity index (χ1v) is 17.8. The summed E-state index contributed by atoms with van der Waals surface area (Å²) >= 11 is 0. The van der Waals surface area contributed by atoms with E-state index in [0.29, 0.717) is 37.1 Å². The van der Waals surface area contributed by atoms with E-state index in [1.807, 2.05) is 71.9 Å². The van der Waals surface area contributed by atoms with Crippen molar-refractivity contribution in [2.24, 2.45) is 45.2 Å². The van der Waals surface area contributed by atoms with Crippen molar-refractivity contribution < 1.29 is 38.2 Å². The number of halogens is 1. The molecule has 0 unspecified atom stereocenters. The minimum Gasteiger partial charge on any atom is -0.457 e. The number of hydrogen-bond acceptors (Lipinski definition) is 8. The number of cyclic esters (lactones) is 1. The Hall–Kier alpha value is -2.98. The van der Waals surface area contributed by atoms with Crippen LogP contribution in [-0.2, 0) is 35.3 Å². The van der Waals surface area contributed by atoms with Crippen molar-refractivity contribution in [2.45, 2.75) is 138 Å². The van der Waals surface area contributed by atoms with Crippen molar-refractivity contribution in [3.05, 3.63) is 35.9 Å². The average Bonchev–Trinajstić information content (AvgIpc) is 3.04. The van der Waals surface area contributed by atoms with Crippen LogP contribution in [0.1, 0.15) is 114 Å². The second-order valence-corrected chi connectivity index (χ2v) is 15.6. The molecular weight excluding hydrogens is 627 g/mol. The number of fused-ring (bicyclic) bond motifs is 5. The lowest BCUT2D eigenvalue weighted by atomic mass is 9.59. The van der Waals surface area contributed by atoms with Crippen LogP contribution in [0.4, 0.5) is 4.39 Å². The highest BCUT2D eigenvalue weighted by molar-refractivity contribution is 6.07. The molecule has 2 bridgehead atoms. The van der Waals surface area contributed by atoms with E-state index in [4.69, 9.17) is 14.3 Å². The topological polar surface area (TPSA) is 124 Å². The number of esters is 1. The van der Waals surface area contributed by atoms with Crippen LogP contribution < -0.4 is 0 Å². The molecule has 0 spiro atoms. The first-order valence-electron chi connectivity index (χ1n) is 17.8. The molecule has 1 N–H and O–H groups in total. The number of rotatable bonds is 6. The number of alkyl halides is 1. The van der Waals surface area contributed by atoms with Crippen molar-refractivity contribution in [3.8, 4) is 0 Å². The molecule has 49 heavy (non-hydrogen) atoms. The van der Waals surface area contributed by atoms with Crippen LogP contribution in [0.5, 0.6) is 0 Å². The molecule has 0 aliphatic carbocycles. The Bertz CT molecular complexity index is 1390. The third-order valence-electron chi connectivity index (χ3n) is 11.3. The Balaban J connectivity index is 2.36. The molecule has 1 aromatic rings. The minimum absolute atomic E-state index is 0.0528. The highest BCUT2D eigenvalue weighted by Gasteiger charge is 2.57. The van der Waals surface area contributed by atoms with Gasteiger partial charge < -0.3 is 19.4 Å². The molecule has 3 rings (SSSR count). The Labute approximate surface area is 292 Å². The lowest BCUT2D eigenvalue weighted by Gasteiger charge is -2.50. The van der Waals surface area contributed by atoms with E-state index >= 15 is 4.39 Å². The number of carbonyl (C=O) groups is 3. The third kappa shape index (κ3) is 9.04. The molecule has 1 aromatic carbocycles. The van der Waals surface area contributed by atoms with E-state index in [-0.39, 0.29) is 31.5 Å². The summed E-state index contributed by atoms with van der Waals surface area (Å²) in [5.74, 6) is -5.61. The maximum atomic E-state index is 16.6. The van der Waals surface area contributed by atoms with Gasteiger partial charge in [-0.15, -0.1) is 0 Å². The number of carbonyl (C=O) groups excluding carboxylic acids is 3. The summed E-state index contributed by atoms with van der Waals surface area (Å²) in [5.41, 5.74) is -4.21. The quantitative estimate of drug-likeness (QED) is 0.187. The van der Waals surface area contributed by atoms with Crippen LogP contribution >= 0.6 is 0 Å². The smallest absolute Gasteiger partial charge is 0.351 e. The lowest BCUT2D eigenvalue weighted by Crippen LogP contribution is -2.58. The average molecular weight is 687 g/mol. The molecule has 2 saturated heterocycles. The summed E-state index contributed by atoms with van der Waals surface area (Å²) in [6.45, 7) is 19.5. The van der Waals surface area contributed by atoms with Gasteiger partial charge in [0, 0.05) is 30.4 Å². The Morgan fingerprint density at radius 1 is 1.08 bits per heavy atom. The van der Waals surface area contributed by atoms with Gasteiger partial charge in [0.1, 0.15) is 18.3 Å². The summed E-state index contributed by atoms with van der Waals surface area (Å²) in [7, 11) is 0. The number of ether oxygens (including phenoxy) is 2. The molecule has 0 aromatic heterocycles. The van der Waals surface area contributed by atoms with Gasteiger partial charge in [0.15, 0.2) is 5.78 Å². The maximum absolute atomic E-state index is 16.6. The molecule has 2 aliphatic rings. The zero-order chi connectivity index (χ0) is 36.9. The first kappa shape index (κ1) is 40.4. The van der Waals surface area contributed by atoms with Gasteiger partial charge in [0.2, 0.25) is 5.91 Å². The molecule has 9 atom stereocenters. The first-order chi connectivity index (χ1) is 22.7. The van der Waals surface area contributed by atoms with Crippen LogP contribution in [0.2, 0.25) is 0 Å². The highest BCUT2D eigenvalue weighted by Crippen LogP contribution is 2.50. The van der Waals surface area contributed by atoms with E-state index in [0.717, 1.165) is 12.5 Å². The van der Waals surface area contributed by atoms with E-state index in [2.05, 4.69) is 10.1 Å². The second kappa shape index (κ2) is 15.9. The largest absolute Gasteiger partial charge is 0.457 e. The van der Waals surface area contributed by atoms with Crippen molar-refractivity contribution in [2.75, 3.05) is 6.61 Å².